The van der Waals surface area contributed by atoms with E-state index in [-0.39, 0.29) is 5.82 Å². The zero-order chi connectivity index (χ0) is 15.2. The summed E-state index contributed by atoms with van der Waals surface area (Å²) >= 11 is 0. The number of methoxy groups -OCH3 is 1. The van der Waals surface area contributed by atoms with Crippen LogP contribution < -0.4 is 10.5 Å². The van der Waals surface area contributed by atoms with Crippen LogP contribution in [0.15, 0.2) is 42.5 Å². The number of nitrogens with two attached hydrogens (primary N) is 1. The van der Waals surface area contributed by atoms with Crippen molar-refractivity contribution in [2.24, 2.45) is 5.73 Å². The number of nitrogens with zero attached hydrogens (tertiary/aromatic N) is 1. The highest BCUT2D eigenvalue weighted by atomic mass is 19.1. The van der Waals surface area contributed by atoms with E-state index in [4.69, 9.17) is 10.5 Å². The van der Waals surface area contributed by atoms with E-state index in [9.17, 15) is 4.39 Å². The van der Waals surface area contributed by atoms with Gasteiger partial charge in [-0.05, 0) is 36.4 Å². The Labute approximate surface area is 125 Å². The Hall–Kier alpha value is -1.91. The van der Waals surface area contributed by atoms with Gasteiger partial charge in [-0.3, -0.25) is 4.90 Å². The van der Waals surface area contributed by atoms with Crippen LogP contribution >= 0.6 is 0 Å². The van der Waals surface area contributed by atoms with Crippen molar-refractivity contribution in [1.29, 1.82) is 0 Å². The van der Waals surface area contributed by atoms with Crippen molar-refractivity contribution in [3.63, 3.8) is 0 Å². The summed E-state index contributed by atoms with van der Waals surface area (Å²) < 4.78 is 19.1. The number of benzene rings is 2. The Morgan fingerprint density at radius 3 is 2.29 bits per heavy atom. The molecule has 4 heteroatoms. The number of hydrogen-bond donors (Lipinski definition) is 1. The van der Waals surface area contributed by atoms with Crippen LogP contribution in [-0.4, -0.2) is 19.1 Å². The third-order valence-corrected chi connectivity index (χ3v) is 3.40. The first kappa shape index (κ1) is 15.5. The first-order valence-electron chi connectivity index (χ1n) is 6.91. The van der Waals surface area contributed by atoms with Gasteiger partial charge in [0.15, 0.2) is 0 Å². The van der Waals surface area contributed by atoms with Crippen molar-refractivity contribution in [3.8, 4) is 5.75 Å². The maximum atomic E-state index is 13.9. The first-order valence-corrected chi connectivity index (χ1v) is 6.91. The Kier molecular flexibility index (Phi) is 5.31. The zero-order valence-electron chi connectivity index (χ0n) is 12.5. The molecule has 21 heavy (non-hydrogen) atoms. The number of rotatable bonds is 6. The van der Waals surface area contributed by atoms with Crippen LogP contribution in [0, 0.1) is 5.82 Å². The van der Waals surface area contributed by atoms with Crippen LogP contribution in [0.5, 0.6) is 5.75 Å². The standard InChI is InChI=1S/C17H21FN2O/c1-20(11-13-4-7-16(21-2)8-5-13)12-15-6-3-14(10-19)9-17(15)18/h3-9H,10-12,19H2,1-2H3. The maximum absolute atomic E-state index is 13.9. The molecular formula is C17H21FN2O. The van der Waals surface area contributed by atoms with Crippen molar-refractivity contribution < 1.29 is 9.13 Å². The van der Waals surface area contributed by atoms with Gasteiger partial charge in [0.05, 0.1) is 7.11 Å². The Morgan fingerprint density at radius 2 is 1.71 bits per heavy atom. The van der Waals surface area contributed by atoms with Gasteiger partial charge in [-0.2, -0.15) is 0 Å². The van der Waals surface area contributed by atoms with E-state index in [1.807, 2.05) is 43.4 Å². The highest BCUT2D eigenvalue weighted by molar-refractivity contribution is 5.27. The average molecular weight is 288 g/mol. The van der Waals surface area contributed by atoms with Gasteiger partial charge in [-0.25, -0.2) is 4.39 Å². The summed E-state index contributed by atoms with van der Waals surface area (Å²) in [6.07, 6.45) is 0. The van der Waals surface area contributed by atoms with Gasteiger partial charge in [-0.15, -0.1) is 0 Å². The van der Waals surface area contributed by atoms with E-state index in [2.05, 4.69) is 4.90 Å². The molecule has 0 amide bonds. The molecule has 0 bridgehead atoms. The van der Waals surface area contributed by atoms with Crippen LogP contribution in [0.4, 0.5) is 4.39 Å². The molecule has 0 radical (unpaired) electrons. The third-order valence-electron chi connectivity index (χ3n) is 3.40. The number of halogens is 1. The minimum absolute atomic E-state index is 0.195. The Bertz CT molecular complexity index is 584. The lowest BCUT2D eigenvalue weighted by atomic mass is 10.1. The largest absolute Gasteiger partial charge is 0.497 e. The molecule has 2 aromatic rings. The molecule has 0 saturated heterocycles. The Morgan fingerprint density at radius 1 is 1.05 bits per heavy atom. The second-order valence-corrected chi connectivity index (χ2v) is 5.15. The van der Waals surface area contributed by atoms with Crippen molar-refractivity contribution in [3.05, 3.63) is 65.0 Å². The molecule has 3 nitrogen and oxygen atoms in total. The van der Waals surface area contributed by atoms with Crippen LogP contribution in [0.1, 0.15) is 16.7 Å². The van der Waals surface area contributed by atoms with Crippen LogP contribution in [0.2, 0.25) is 0 Å². The molecule has 112 valence electrons. The van der Waals surface area contributed by atoms with E-state index in [0.29, 0.717) is 18.7 Å². The topological polar surface area (TPSA) is 38.5 Å². The minimum Gasteiger partial charge on any atom is -0.497 e. The molecule has 0 heterocycles. The maximum Gasteiger partial charge on any atom is 0.128 e. The van der Waals surface area contributed by atoms with E-state index in [1.165, 1.54) is 6.07 Å². The first-order chi connectivity index (χ1) is 10.1. The highest BCUT2D eigenvalue weighted by Crippen LogP contribution is 2.16. The fourth-order valence-corrected chi connectivity index (χ4v) is 2.24. The van der Waals surface area contributed by atoms with Gasteiger partial charge in [0.2, 0.25) is 0 Å². The van der Waals surface area contributed by atoms with Crippen molar-refractivity contribution in [1.82, 2.24) is 4.90 Å². The summed E-state index contributed by atoms with van der Waals surface area (Å²) in [5.41, 5.74) is 8.17. The second kappa shape index (κ2) is 7.20. The van der Waals surface area contributed by atoms with Crippen LogP contribution in [0.25, 0.3) is 0 Å². The molecule has 0 aromatic heterocycles. The van der Waals surface area contributed by atoms with Gasteiger partial charge in [0.1, 0.15) is 11.6 Å². The smallest absolute Gasteiger partial charge is 0.128 e. The fraction of sp³-hybridized carbons (Fsp3) is 0.294. The van der Waals surface area contributed by atoms with E-state index >= 15 is 0 Å². The minimum atomic E-state index is -0.195. The summed E-state index contributed by atoms with van der Waals surface area (Å²) in [5, 5.41) is 0. The predicted molar refractivity (Wildman–Crippen MR) is 82.5 cm³/mol. The van der Waals surface area contributed by atoms with Gasteiger partial charge in [-0.1, -0.05) is 24.3 Å². The fourth-order valence-electron chi connectivity index (χ4n) is 2.24. The van der Waals surface area contributed by atoms with Gasteiger partial charge >= 0.3 is 0 Å². The van der Waals surface area contributed by atoms with Gasteiger partial charge in [0, 0.05) is 25.2 Å². The molecule has 0 unspecified atom stereocenters. The summed E-state index contributed by atoms with van der Waals surface area (Å²) in [4.78, 5) is 2.07. The van der Waals surface area contributed by atoms with Crippen molar-refractivity contribution >= 4 is 0 Å². The molecular weight excluding hydrogens is 267 g/mol. The normalized spacial score (nSPS) is 10.9. The van der Waals surface area contributed by atoms with Crippen LogP contribution in [-0.2, 0) is 19.6 Å². The summed E-state index contributed by atoms with van der Waals surface area (Å²) in [5.74, 6) is 0.643. The zero-order valence-corrected chi connectivity index (χ0v) is 12.5. The molecule has 0 fully saturated rings. The molecule has 0 atom stereocenters. The van der Waals surface area contributed by atoms with Crippen molar-refractivity contribution in [2.45, 2.75) is 19.6 Å². The molecule has 0 aliphatic rings. The average Bonchev–Trinajstić information content (AvgIpc) is 2.50. The molecule has 0 spiro atoms. The quantitative estimate of drug-likeness (QED) is 0.888. The Balaban J connectivity index is 1.98. The molecule has 2 rings (SSSR count). The lowest BCUT2D eigenvalue weighted by Gasteiger charge is -2.17. The molecule has 0 aliphatic heterocycles. The monoisotopic (exact) mass is 288 g/mol. The lowest BCUT2D eigenvalue weighted by molar-refractivity contribution is 0.313. The van der Waals surface area contributed by atoms with Crippen LogP contribution in [0.3, 0.4) is 0 Å². The SMILES string of the molecule is COc1ccc(CN(C)Cc2ccc(CN)cc2F)cc1. The molecule has 0 saturated carbocycles. The summed E-state index contributed by atoms with van der Waals surface area (Å²) in [6, 6.07) is 13.1. The summed E-state index contributed by atoms with van der Waals surface area (Å²) in [7, 11) is 3.62. The lowest BCUT2D eigenvalue weighted by Crippen LogP contribution is -2.18. The molecule has 2 aromatic carbocycles. The van der Waals surface area contributed by atoms with Crippen molar-refractivity contribution in [2.75, 3.05) is 14.2 Å². The second-order valence-electron chi connectivity index (χ2n) is 5.15. The van der Waals surface area contributed by atoms with E-state index < -0.39 is 0 Å². The predicted octanol–water partition coefficient (Wildman–Crippen LogP) is 2.93. The molecule has 2 N–H and O–H groups in total. The van der Waals surface area contributed by atoms with Gasteiger partial charge in [0.25, 0.3) is 0 Å². The van der Waals surface area contributed by atoms with E-state index in [1.54, 1.807) is 7.11 Å². The summed E-state index contributed by atoms with van der Waals surface area (Å²) in [6.45, 7) is 1.67. The number of ether oxygens (including phenoxy) is 1. The van der Waals surface area contributed by atoms with Gasteiger partial charge < -0.3 is 10.5 Å². The van der Waals surface area contributed by atoms with E-state index in [0.717, 1.165) is 23.4 Å². The number of hydrogen-bond acceptors (Lipinski definition) is 3. The third kappa shape index (κ3) is 4.28. The molecule has 0 aliphatic carbocycles. The highest BCUT2D eigenvalue weighted by Gasteiger charge is 2.07.